The number of ether oxygens (including phenoxy) is 1. The molecule has 0 radical (unpaired) electrons. The molecule has 2 aromatic rings. The maximum Gasteiger partial charge on any atom is 0.124 e. The molecule has 1 aliphatic rings. The van der Waals surface area contributed by atoms with E-state index in [1.165, 1.54) is 12.1 Å². The van der Waals surface area contributed by atoms with Crippen molar-refractivity contribution in [3.8, 4) is 0 Å². The zero-order chi connectivity index (χ0) is 13.9. The van der Waals surface area contributed by atoms with E-state index < -0.39 is 0 Å². The molecule has 2 aromatic carbocycles. The van der Waals surface area contributed by atoms with Crippen LogP contribution in [0.2, 0.25) is 0 Å². The molecule has 1 heterocycles. The Kier molecular flexibility index (Phi) is 4.15. The quantitative estimate of drug-likeness (QED) is 0.895. The van der Waals surface area contributed by atoms with Crippen LogP contribution in [-0.2, 0) is 4.74 Å². The summed E-state index contributed by atoms with van der Waals surface area (Å²) in [5.41, 5.74) is 2.13. The first-order chi connectivity index (χ1) is 9.74. The Morgan fingerprint density at radius 2 is 1.80 bits per heavy atom. The van der Waals surface area contributed by atoms with Crippen LogP contribution in [0.4, 0.5) is 4.39 Å². The molecule has 0 bridgehead atoms. The fourth-order valence-corrected chi connectivity index (χ4v) is 3.06. The third-order valence-corrected chi connectivity index (χ3v) is 4.16. The Morgan fingerprint density at radius 3 is 2.55 bits per heavy atom. The third kappa shape index (κ3) is 2.92. The second kappa shape index (κ2) is 6.04. The molecule has 0 aromatic heterocycles. The Bertz CT molecular complexity index is 590. The summed E-state index contributed by atoms with van der Waals surface area (Å²) in [6.45, 7) is 1.52. The molecule has 3 rings (SSSR count). The van der Waals surface area contributed by atoms with Crippen LogP contribution in [0.25, 0.3) is 0 Å². The minimum atomic E-state index is -0.246. The van der Waals surface area contributed by atoms with Crippen LogP contribution < -0.4 is 5.32 Å². The van der Waals surface area contributed by atoms with E-state index in [1.54, 1.807) is 6.07 Å². The van der Waals surface area contributed by atoms with Crippen LogP contribution in [0, 0.1) is 5.82 Å². The lowest BCUT2D eigenvalue weighted by atomic mass is 10.0. The van der Waals surface area contributed by atoms with Gasteiger partial charge in [-0.3, -0.25) is 0 Å². The van der Waals surface area contributed by atoms with Crippen molar-refractivity contribution in [2.75, 3.05) is 13.1 Å². The Labute approximate surface area is 126 Å². The highest BCUT2D eigenvalue weighted by Gasteiger charge is 2.25. The first-order valence-electron chi connectivity index (χ1n) is 6.60. The number of benzene rings is 2. The number of hydrogen-bond donors (Lipinski definition) is 1. The van der Waals surface area contributed by atoms with Gasteiger partial charge in [0.05, 0.1) is 12.2 Å². The van der Waals surface area contributed by atoms with E-state index in [0.29, 0.717) is 0 Å². The first kappa shape index (κ1) is 13.7. The summed E-state index contributed by atoms with van der Waals surface area (Å²) in [4.78, 5) is 0. The van der Waals surface area contributed by atoms with Crippen molar-refractivity contribution in [2.45, 2.75) is 12.2 Å². The van der Waals surface area contributed by atoms with Crippen LogP contribution in [0.15, 0.2) is 53.0 Å². The molecule has 0 aliphatic carbocycles. The third-order valence-electron chi connectivity index (χ3n) is 3.47. The van der Waals surface area contributed by atoms with Gasteiger partial charge >= 0.3 is 0 Å². The summed E-state index contributed by atoms with van der Waals surface area (Å²) < 4.78 is 20.1. The van der Waals surface area contributed by atoms with E-state index in [2.05, 4.69) is 33.4 Å². The average molecular weight is 336 g/mol. The van der Waals surface area contributed by atoms with Gasteiger partial charge in [-0.25, -0.2) is 4.39 Å². The molecule has 0 saturated carbocycles. The largest absolute Gasteiger partial charge is 0.363 e. The number of hydrogen-bond acceptors (Lipinski definition) is 2. The number of halogens is 2. The maximum atomic E-state index is 13.2. The van der Waals surface area contributed by atoms with Crippen molar-refractivity contribution in [3.63, 3.8) is 0 Å². The van der Waals surface area contributed by atoms with Gasteiger partial charge in [-0.2, -0.15) is 0 Å². The fraction of sp³-hybridized carbons (Fsp3) is 0.250. The zero-order valence-corrected chi connectivity index (χ0v) is 12.4. The Balaban J connectivity index is 1.81. The molecule has 2 atom stereocenters. The molecular weight excluding hydrogens is 321 g/mol. The smallest absolute Gasteiger partial charge is 0.124 e. The van der Waals surface area contributed by atoms with Gasteiger partial charge in [0.25, 0.3) is 0 Å². The Hall–Kier alpha value is -1.23. The SMILES string of the molecule is Fc1ccc(C2CNCC(c3ccccc3)O2)c(Br)c1. The second-order valence-electron chi connectivity index (χ2n) is 4.85. The van der Waals surface area contributed by atoms with E-state index in [9.17, 15) is 4.39 Å². The van der Waals surface area contributed by atoms with Gasteiger partial charge in [0, 0.05) is 17.6 Å². The molecule has 1 N–H and O–H groups in total. The van der Waals surface area contributed by atoms with Crippen LogP contribution in [0.5, 0.6) is 0 Å². The van der Waals surface area contributed by atoms with E-state index in [4.69, 9.17) is 4.74 Å². The summed E-state index contributed by atoms with van der Waals surface area (Å²) in [7, 11) is 0. The Morgan fingerprint density at radius 1 is 1.05 bits per heavy atom. The highest BCUT2D eigenvalue weighted by molar-refractivity contribution is 9.10. The van der Waals surface area contributed by atoms with Crippen LogP contribution >= 0.6 is 15.9 Å². The van der Waals surface area contributed by atoms with Crippen LogP contribution in [0.3, 0.4) is 0 Å². The minimum absolute atomic E-state index is 0.0203. The lowest BCUT2D eigenvalue weighted by Gasteiger charge is -2.32. The fourth-order valence-electron chi connectivity index (χ4n) is 2.45. The average Bonchev–Trinajstić information content (AvgIpc) is 2.48. The minimum Gasteiger partial charge on any atom is -0.363 e. The molecule has 0 amide bonds. The van der Waals surface area contributed by atoms with Crippen LogP contribution in [-0.4, -0.2) is 13.1 Å². The molecule has 2 unspecified atom stereocenters. The van der Waals surface area contributed by atoms with Gasteiger partial charge in [-0.1, -0.05) is 52.3 Å². The maximum absolute atomic E-state index is 13.2. The van der Waals surface area contributed by atoms with Crippen molar-refractivity contribution in [2.24, 2.45) is 0 Å². The van der Waals surface area contributed by atoms with Crippen LogP contribution in [0.1, 0.15) is 23.3 Å². The highest BCUT2D eigenvalue weighted by atomic mass is 79.9. The van der Waals surface area contributed by atoms with Gasteiger partial charge in [-0.05, 0) is 23.3 Å². The lowest BCUT2D eigenvalue weighted by Crippen LogP contribution is -2.36. The summed E-state index contributed by atoms with van der Waals surface area (Å²) in [5, 5.41) is 3.38. The summed E-state index contributed by atoms with van der Waals surface area (Å²) in [5.74, 6) is -0.246. The number of nitrogens with one attached hydrogen (secondary N) is 1. The lowest BCUT2D eigenvalue weighted by molar-refractivity contribution is -0.0409. The summed E-state index contributed by atoms with van der Waals surface area (Å²) >= 11 is 3.41. The van der Waals surface area contributed by atoms with E-state index in [1.807, 2.05) is 18.2 Å². The monoisotopic (exact) mass is 335 g/mol. The number of rotatable bonds is 2. The predicted molar refractivity (Wildman–Crippen MR) is 80.0 cm³/mol. The van der Waals surface area contributed by atoms with Crippen molar-refractivity contribution < 1.29 is 9.13 Å². The predicted octanol–water partition coefficient (Wildman–Crippen LogP) is 3.99. The van der Waals surface area contributed by atoms with E-state index in [-0.39, 0.29) is 18.0 Å². The molecule has 4 heteroatoms. The van der Waals surface area contributed by atoms with Gasteiger partial charge in [0.2, 0.25) is 0 Å². The molecule has 1 aliphatic heterocycles. The molecule has 0 spiro atoms. The molecule has 2 nitrogen and oxygen atoms in total. The van der Waals surface area contributed by atoms with Crippen molar-refractivity contribution in [1.82, 2.24) is 5.32 Å². The number of morpholine rings is 1. The first-order valence-corrected chi connectivity index (χ1v) is 7.39. The van der Waals surface area contributed by atoms with Crippen molar-refractivity contribution in [3.05, 3.63) is 69.9 Å². The normalized spacial score (nSPS) is 22.7. The zero-order valence-electron chi connectivity index (χ0n) is 10.9. The summed E-state index contributed by atoms with van der Waals surface area (Å²) in [6, 6.07) is 14.9. The molecule has 1 fully saturated rings. The van der Waals surface area contributed by atoms with E-state index in [0.717, 1.165) is 28.7 Å². The van der Waals surface area contributed by atoms with Gasteiger partial charge < -0.3 is 10.1 Å². The molecule has 1 saturated heterocycles. The highest BCUT2D eigenvalue weighted by Crippen LogP contribution is 2.33. The van der Waals surface area contributed by atoms with Gasteiger partial charge in [0.1, 0.15) is 5.82 Å². The molecule has 104 valence electrons. The standard InChI is InChI=1S/C16H15BrFNO/c17-14-8-12(18)6-7-13(14)16-10-19-9-15(20-16)11-4-2-1-3-5-11/h1-8,15-16,19H,9-10H2. The second-order valence-corrected chi connectivity index (χ2v) is 5.70. The molecular formula is C16H15BrFNO. The van der Waals surface area contributed by atoms with Crippen molar-refractivity contribution in [1.29, 1.82) is 0 Å². The van der Waals surface area contributed by atoms with E-state index >= 15 is 0 Å². The topological polar surface area (TPSA) is 21.3 Å². The van der Waals surface area contributed by atoms with Gasteiger partial charge in [-0.15, -0.1) is 0 Å². The van der Waals surface area contributed by atoms with Gasteiger partial charge in [0.15, 0.2) is 0 Å². The molecule has 20 heavy (non-hydrogen) atoms. The van der Waals surface area contributed by atoms with Crippen molar-refractivity contribution >= 4 is 15.9 Å². The summed E-state index contributed by atoms with van der Waals surface area (Å²) in [6.07, 6.45) is -0.0594.